The number of hydrogen-bond acceptors (Lipinski definition) is 4. The summed E-state index contributed by atoms with van der Waals surface area (Å²) in [7, 11) is 3.00. The van der Waals surface area contributed by atoms with Crippen LogP contribution in [0.1, 0.15) is 42.2 Å². The van der Waals surface area contributed by atoms with Crippen LogP contribution in [0.25, 0.3) is 0 Å². The van der Waals surface area contributed by atoms with E-state index in [1.54, 1.807) is 6.07 Å². The smallest absolute Gasteiger partial charge is 0.256 e. The maximum absolute atomic E-state index is 15.4. The van der Waals surface area contributed by atoms with Gasteiger partial charge in [0, 0.05) is 38.3 Å². The molecule has 9 heteroatoms. The molecule has 2 N–H and O–H groups in total. The van der Waals surface area contributed by atoms with Gasteiger partial charge in [-0.05, 0) is 37.6 Å². The van der Waals surface area contributed by atoms with Gasteiger partial charge >= 0.3 is 0 Å². The maximum Gasteiger partial charge on any atom is 0.256 e. The summed E-state index contributed by atoms with van der Waals surface area (Å²) in [5.41, 5.74) is 0.145. The zero-order chi connectivity index (χ0) is 23.1. The second-order valence-electron chi connectivity index (χ2n) is 7.28. The van der Waals surface area contributed by atoms with Crippen molar-refractivity contribution < 1.29 is 23.1 Å². The monoisotopic (exact) mass is 453 g/mol. The molecular weight excluding hydrogens is 428 g/mol. The van der Waals surface area contributed by atoms with Crippen molar-refractivity contribution in [2.75, 3.05) is 20.6 Å². The molecule has 2 rings (SSSR count). The van der Waals surface area contributed by atoms with E-state index >= 15 is 4.39 Å². The molecule has 0 heterocycles. The fraction of sp³-hybridized carbons (Fsp3) is 0.364. The van der Waals surface area contributed by atoms with Crippen LogP contribution < -0.4 is 15.4 Å². The quantitative estimate of drug-likeness (QED) is 0.526. The van der Waals surface area contributed by atoms with Crippen LogP contribution in [0.5, 0.6) is 11.5 Å². The van der Waals surface area contributed by atoms with Crippen molar-refractivity contribution in [1.82, 2.24) is 15.5 Å². The summed E-state index contributed by atoms with van der Waals surface area (Å²) in [6, 6.07) is 6.21. The first-order chi connectivity index (χ1) is 14.7. The number of halogens is 3. The molecule has 0 aromatic heterocycles. The zero-order valence-corrected chi connectivity index (χ0v) is 18.6. The van der Waals surface area contributed by atoms with E-state index in [-0.39, 0.29) is 34.2 Å². The van der Waals surface area contributed by atoms with Gasteiger partial charge in [0.15, 0.2) is 11.6 Å². The first kappa shape index (κ1) is 24.6. The van der Waals surface area contributed by atoms with Crippen LogP contribution in [0.15, 0.2) is 30.3 Å². The first-order valence-electron chi connectivity index (χ1n) is 9.79. The van der Waals surface area contributed by atoms with E-state index < -0.39 is 17.5 Å². The molecule has 0 unspecified atom stereocenters. The Bertz CT molecular complexity index is 940. The molecule has 0 aliphatic heterocycles. The van der Waals surface area contributed by atoms with Crippen molar-refractivity contribution in [3.8, 4) is 11.5 Å². The summed E-state index contributed by atoms with van der Waals surface area (Å²) in [6.45, 7) is 4.15. The number of carbonyl (C=O) groups excluding carboxylic acids is 2. The van der Waals surface area contributed by atoms with Crippen molar-refractivity contribution in [3.63, 3.8) is 0 Å². The summed E-state index contributed by atoms with van der Waals surface area (Å²) in [5, 5.41) is 5.87. The molecule has 2 atom stereocenters. The van der Waals surface area contributed by atoms with E-state index in [0.29, 0.717) is 24.9 Å². The Kier molecular flexibility index (Phi) is 8.76. The molecule has 0 aliphatic carbocycles. The molecule has 0 radical (unpaired) electrons. The normalized spacial score (nSPS) is 12.7. The Morgan fingerprint density at radius 2 is 1.97 bits per heavy atom. The van der Waals surface area contributed by atoms with Gasteiger partial charge in [0.25, 0.3) is 5.91 Å². The number of nitrogens with zero attached hydrogens (tertiary/aromatic N) is 1. The molecule has 2 aromatic rings. The van der Waals surface area contributed by atoms with Gasteiger partial charge in [0.2, 0.25) is 6.41 Å². The molecule has 0 saturated heterocycles. The minimum atomic E-state index is -0.709. The Hall–Kier alpha value is -2.71. The Labute approximate surface area is 185 Å². The third kappa shape index (κ3) is 6.15. The highest BCUT2D eigenvalue weighted by Crippen LogP contribution is 2.37. The van der Waals surface area contributed by atoms with Crippen molar-refractivity contribution in [2.45, 2.75) is 32.4 Å². The van der Waals surface area contributed by atoms with Crippen LogP contribution in [-0.4, -0.2) is 43.9 Å². The second kappa shape index (κ2) is 11.1. The van der Waals surface area contributed by atoms with Gasteiger partial charge < -0.3 is 20.3 Å². The fourth-order valence-corrected chi connectivity index (χ4v) is 3.24. The minimum Gasteiger partial charge on any atom is -0.453 e. The van der Waals surface area contributed by atoms with E-state index in [4.69, 9.17) is 16.3 Å². The Morgan fingerprint density at radius 1 is 1.26 bits per heavy atom. The molecule has 0 spiro atoms. The van der Waals surface area contributed by atoms with Crippen LogP contribution in [0, 0.1) is 11.6 Å². The van der Waals surface area contributed by atoms with E-state index in [1.165, 1.54) is 37.2 Å². The predicted octanol–water partition coefficient (Wildman–Crippen LogP) is 4.29. The van der Waals surface area contributed by atoms with Crippen LogP contribution >= 0.6 is 11.6 Å². The summed E-state index contributed by atoms with van der Waals surface area (Å²) < 4.78 is 35.1. The standard InChI is InChI=1S/C22H26ClF2N3O3/c1-5-19(27-13(2)11-26-12-29)15-7-8-17(23)21(20(15)25)31-14-6-9-18(24)16(10-14)22(30)28(3)4/h6-10,12-13,19,27H,5,11H2,1-4H3,(H,26,29)/t13-,19+/m0/s1. The van der Waals surface area contributed by atoms with Gasteiger partial charge in [-0.3, -0.25) is 9.59 Å². The summed E-state index contributed by atoms with van der Waals surface area (Å²) in [5.74, 6) is -2.05. The van der Waals surface area contributed by atoms with Crippen LogP contribution in [-0.2, 0) is 4.79 Å². The lowest BCUT2D eigenvalue weighted by Gasteiger charge is -2.24. The van der Waals surface area contributed by atoms with Gasteiger partial charge in [-0.2, -0.15) is 0 Å². The number of amides is 2. The van der Waals surface area contributed by atoms with Crippen LogP contribution in [0.2, 0.25) is 5.02 Å². The Morgan fingerprint density at radius 3 is 2.58 bits per heavy atom. The molecule has 168 valence electrons. The van der Waals surface area contributed by atoms with E-state index in [1.807, 2.05) is 13.8 Å². The van der Waals surface area contributed by atoms with E-state index in [2.05, 4.69) is 10.6 Å². The molecule has 2 amide bonds. The van der Waals surface area contributed by atoms with Gasteiger partial charge in [-0.25, -0.2) is 8.78 Å². The highest BCUT2D eigenvalue weighted by atomic mass is 35.5. The summed E-state index contributed by atoms with van der Waals surface area (Å²) in [6.07, 6.45) is 1.17. The highest BCUT2D eigenvalue weighted by Gasteiger charge is 2.22. The maximum atomic E-state index is 15.4. The topological polar surface area (TPSA) is 70.7 Å². The van der Waals surface area contributed by atoms with E-state index in [0.717, 1.165) is 6.07 Å². The molecule has 0 saturated carbocycles. The number of rotatable bonds is 10. The van der Waals surface area contributed by atoms with Crippen molar-refractivity contribution in [2.24, 2.45) is 0 Å². The SMILES string of the molecule is CC[C@@H](N[C@@H](C)CNC=O)c1ccc(Cl)c(Oc2ccc(F)c(C(=O)N(C)C)c2)c1F. The van der Waals surface area contributed by atoms with E-state index in [9.17, 15) is 14.0 Å². The lowest BCUT2D eigenvalue weighted by atomic mass is 10.0. The van der Waals surface area contributed by atoms with Gasteiger partial charge in [0.1, 0.15) is 11.6 Å². The minimum absolute atomic E-state index is 0.0385. The molecule has 0 bridgehead atoms. The molecule has 6 nitrogen and oxygen atoms in total. The van der Waals surface area contributed by atoms with Gasteiger partial charge in [-0.15, -0.1) is 0 Å². The molecule has 0 fully saturated rings. The van der Waals surface area contributed by atoms with Crippen LogP contribution in [0.3, 0.4) is 0 Å². The highest BCUT2D eigenvalue weighted by molar-refractivity contribution is 6.32. The lowest BCUT2D eigenvalue weighted by Crippen LogP contribution is -2.38. The first-order valence-corrected chi connectivity index (χ1v) is 10.2. The van der Waals surface area contributed by atoms with Gasteiger partial charge in [-0.1, -0.05) is 24.6 Å². The number of hydrogen-bond donors (Lipinski definition) is 2. The van der Waals surface area contributed by atoms with Crippen molar-refractivity contribution >= 4 is 23.9 Å². The zero-order valence-electron chi connectivity index (χ0n) is 17.8. The van der Waals surface area contributed by atoms with Crippen molar-refractivity contribution in [1.29, 1.82) is 0 Å². The molecule has 2 aromatic carbocycles. The Balaban J connectivity index is 2.35. The number of ether oxygens (including phenoxy) is 1. The van der Waals surface area contributed by atoms with Crippen molar-refractivity contribution in [3.05, 3.63) is 58.1 Å². The second-order valence-corrected chi connectivity index (χ2v) is 7.68. The van der Waals surface area contributed by atoms with Crippen LogP contribution in [0.4, 0.5) is 8.78 Å². The summed E-state index contributed by atoms with van der Waals surface area (Å²) in [4.78, 5) is 23.9. The summed E-state index contributed by atoms with van der Waals surface area (Å²) >= 11 is 6.17. The number of nitrogens with one attached hydrogen (secondary N) is 2. The lowest BCUT2D eigenvalue weighted by molar-refractivity contribution is -0.109. The third-order valence-electron chi connectivity index (χ3n) is 4.65. The predicted molar refractivity (Wildman–Crippen MR) is 116 cm³/mol. The average Bonchev–Trinajstić information content (AvgIpc) is 2.74. The number of benzene rings is 2. The molecular formula is C22H26ClF2N3O3. The largest absolute Gasteiger partial charge is 0.453 e. The third-order valence-corrected chi connectivity index (χ3v) is 4.95. The number of carbonyl (C=O) groups is 2. The average molecular weight is 454 g/mol. The fourth-order valence-electron chi connectivity index (χ4n) is 3.06. The molecule has 31 heavy (non-hydrogen) atoms. The van der Waals surface area contributed by atoms with Gasteiger partial charge in [0.05, 0.1) is 10.6 Å². The molecule has 0 aliphatic rings.